The van der Waals surface area contributed by atoms with Gasteiger partial charge in [0.25, 0.3) is 0 Å². The smallest absolute Gasteiger partial charge is 0.128 e. The van der Waals surface area contributed by atoms with Crippen molar-refractivity contribution in [1.82, 2.24) is 4.98 Å². The number of aromatic hydroxyl groups is 1. The van der Waals surface area contributed by atoms with E-state index in [1.54, 1.807) is 12.1 Å². The van der Waals surface area contributed by atoms with Crippen molar-refractivity contribution in [3.8, 4) is 5.75 Å². The number of nitrogens with two attached hydrogens (primary N) is 1. The lowest BCUT2D eigenvalue weighted by Gasteiger charge is -2.11. The fraction of sp³-hybridized carbons (Fsp3) is 0.429. The van der Waals surface area contributed by atoms with E-state index in [-0.39, 0.29) is 11.8 Å². The zero-order valence-electron chi connectivity index (χ0n) is 10.6. The highest BCUT2D eigenvalue weighted by atomic mass is 35.5. The number of aromatic amines is 1. The van der Waals surface area contributed by atoms with Crippen molar-refractivity contribution in [3.63, 3.8) is 0 Å². The summed E-state index contributed by atoms with van der Waals surface area (Å²) in [5.41, 5.74) is 7.40. The maximum Gasteiger partial charge on any atom is 0.128 e. The fourth-order valence-electron chi connectivity index (χ4n) is 2.27. The molecule has 2 unspecified atom stereocenters. The Balaban J connectivity index is 1.98. The number of benzene rings is 1. The van der Waals surface area contributed by atoms with Crippen LogP contribution in [0, 0.1) is 0 Å². The number of halogens is 1. The number of aliphatic hydroxyl groups excluding tert-OH is 1. The van der Waals surface area contributed by atoms with E-state index in [9.17, 15) is 5.11 Å². The van der Waals surface area contributed by atoms with E-state index in [4.69, 9.17) is 22.4 Å². The van der Waals surface area contributed by atoms with Crippen LogP contribution < -0.4 is 5.73 Å². The molecule has 0 bridgehead atoms. The predicted octanol–water partition coefficient (Wildman–Crippen LogP) is 2.47. The molecule has 2 atom stereocenters. The molecule has 0 saturated heterocycles. The van der Waals surface area contributed by atoms with Crippen LogP contribution in [0.4, 0.5) is 0 Å². The third kappa shape index (κ3) is 3.86. The second kappa shape index (κ2) is 6.28. The van der Waals surface area contributed by atoms with Gasteiger partial charge in [-0.05, 0) is 49.4 Å². The first-order chi connectivity index (χ1) is 9.06. The quantitative estimate of drug-likeness (QED) is 0.614. The molecule has 4 nitrogen and oxygen atoms in total. The second-order valence-corrected chi connectivity index (χ2v) is 5.38. The fourth-order valence-corrected chi connectivity index (χ4v) is 2.42. The first-order valence-corrected chi connectivity index (χ1v) is 6.86. The van der Waals surface area contributed by atoms with Crippen LogP contribution in [0.1, 0.15) is 24.8 Å². The molecule has 5 heteroatoms. The van der Waals surface area contributed by atoms with E-state index >= 15 is 0 Å². The van der Waals surface area contributed by atoms with Crippen molar-refractivity contribution in [1.29, 1.82) is 0 Å². The Bertz CT molecular complexity index is 539. The van der Waals surface area contributed by atoms with Gasteiger partial charge in [0.05, 0.1) is 0 Å². The average molecular weight is 283 g/mol. The summed E-state index contributed by atoms with van der Waals surface area (Å²) < 4.78 is 0. The number of rotatable bonds is 6. The maximum atomic E-state index is 9.52. The minimum atomic E-state index is -0.780. The van der Waals surface area contributed by atoms with E-state index in [1.807, 2.05) is 12.3 Å². The van der Waals surface area contributed by atoms with Gasteiger partial charge in [0.2, 0.25) is 0 Å². The number of aliphatic hydroxyl groups is 1. The summed E-state index contributed by atoms with van der Waals surface area (Å²) in [6.07, 6.45) is 4.85. The molecule has 0 amide bonds. The Morgan fingerprint density at radius 1 is 1.32 bits per heavy atom. The minimum Gasteiger partial charge on any atom is -0.508 e. The van der Waals surface area contributed by atoms with Gasteiger partial charge in [-0.15, -0.1) is 0 Å². The van der Waals surface area contributed by atoms with Crippen molar-refractivity contribution in [2.45, 2.75) is 37.3 Å². The first kappa shape index (κ1) is 14.2. The number of H-pyrrole nitrogens is 1. The molecular weight excluding hydrogens is 264 g/mol. The zero-order chi connectivity index (χ0) is 13.8. The van der Waals surface area contributed by atoms with Crippen LogP contribution in [-0.2, 0) is 6.42 Å². The number of hydrogen-bond donors (Lipinski definition) is 4. The second-order valence-electron chi connectivity index (χ2n) is 4.87. The van der Waals surface area contributed by atoms with Gasteiger partial charge in [-0.25, -0.2) is 0 Å². The molecule has 2 aromatic rings. The van der Waals surface area contributed by atoms with Gasteiger partial charge < -0.3 is 20.9 Å². The normalized spacial score (nSPS) is 14.7. The molecule has 0 aliphatic heterocycles. The van der Waals surface area contributed by atoms with Crippen molar-refractivity contribution in [2.75, 3.05) is 0 Å². The Kier molecular flexibility index (Phi) is 4.69. The summed E-state index contributed by atoms with van der Waals surface area (Å²) >= 11 is 5.48. The number of fused-ring (bicyclic) bond motifs is 1. The van der Waals surface area contributed by atoms with Gasteiger partial charge >= 0.3 is 0 Å². The molecule has 104 valence electrons. The molecule has 1 heterocycles. The lowest BCUT2D eigenvalue weighted by molar-refractivity contribution is 0.239. The van der Waals surface area contributed by atoms with Crippen LogP contribution in [0.2, 0.25) is 0 Å². The molecule has 2 rings (SSSR count). The van der Waals surface area contributed by atoms with Crippen LogP contribution in [-0.4, -0.2) is 26.8 Å². The third-order valence-corrected chi connectivity index (χ3v) is 3.47. The summed E-state index contributed by atoms with van der Waals surface area (Å²) in [6.45, 7) is 0. The Morgan fingerprint density at radius 2 is 2.11 bits per heavy atom. The monoisotopic (exact) mass is 282 g/mol. The molecule has 0 fully saturated rings. The average Bonchev–Trinajstić information content (AvgIpc) is 2.71. The van der Waals surface area contributed by atoms with Gasteiger partial charge in [0.15, 0.2) is 0 Å². The maximum absolute atomic E-state index is 9.52. The van der Waals surface area contributed by atoms with Crippen molar-refractivity contribution >= 4 is 22.5 Å². The summed E-state index contributed by atoms with van der Waals surface area (Å²) in [4.78, 5) is 3.17. The lowest BCUT2D eigenvalue weighted by atomic mass is 10.0. The Labute approximate surface area is 117 Å². The van der Waals surface area contributed by atoms with E-state index in [0.29, 0.717) is 6.42 Å². The lowest BCUT2D eigenvalue weighted by Crippen LogP contribution is -2.22. The number of nitrogens with one attached hydrogen (secondary N) is 1. The van der Waals surface area contributed by atoms with E-state index in [0.717, 1.165) is 35.7 Å². The SMILES string of the molecule is NC(CCCC(O)Cl)Cc1c[nH]c2ccc(O)cc12. The number of alkyl halides is 1. The van der Waals surface area contributed by atoms with Crippen molar-refractivity contribution < 1.29 is 10.2 Å². The molecule has 1 aromatic carbocycles. The van der Waals surface area contributed by atoms with E-state index in [2.05, 4.69) is 4.98 Å². The van der Waals surface area contributed by atoms with Crippen LogP contribution in [0.15, 0.2) is 24.4 Å². The molecule has 5 N–H and O–H groups in total. The predicted molar refractivity (Wildman–Crippen MR) is 77.4 cm³/mol. The summed E-state index contributed by atoms with van der Waals surface area (Å²) in [5, 5.41) is 19.5. The van der Waals surface area contributed by atoms with E-state index in [1.165, 1.54) is 0 Å². The Morgan fingerprint density at radius 3 is 2.84 bits per heavy atom. The molecule has 0 saturated carbocycles. The highest BCUT2D eigenvalue weighted by Gasteiger charge is 2.10. The molecule has 0 spiro atoms. The van der Waals surface area contributed by atoms with Gasteiger partial charge in [-0.1, -0.05) is 11.6 Å². The van der Waals surface area contributed by atoms with Gasteiger partial charge in [0, 0.05) is 23.1 Å². The number of hydrogen-bond acceptors (Lipinski definition) is 3. The molecule has 0 aliphatic rings. The number of aromatic nitrogens is 1. The van der Waals surface area contributed by atoms with Crippen LogP contribution in [0.5, 0.6) is 5.75 Å². The molecule has 0 radical (unpaired) electrons. The number of phenols is 1. The van der Waals surface area contributed by atoms with Crippen LogP contribution >= 0.6 is 11.6 Å². The standard InChI is InChI=1S/C14H19ClN2O2/c15-14(19)3-1-2-10(16)6-9-8-17-13-5-4-11(18)7-12(9)13/h4-5,7-8,10,14,17-19H,1-3,6,16H2. The van der Waals surface area contributed by atoms with Crippen LogP contribution in [0.25, 0.3) is 10.9 Å². The summed E-state index contributed by atoms with van der Waals surface area (Å²) in [6, 6.07) is 5.28. The van der Waals surface area contributed by atoms with E-state index < -0.39 is 5.56 Å². The third-order valence-electron chi connectivity index (χ3n) is 3.25. The molecule has 19 heavy (non-hydrogen) atoms. The summed E-state index contributed by atoms with van der Waals surface area (Å²) in [5.74, 6) is 0.257. The molecular formula is C14H19ClN2O2. The minimum absolute atomic E-state index is 0.0248. The van der Waals surface area contributed by atoms with Gasteiger partial charge in [-0.2, -0.15) is 0 Å². The molecule has 0 aliphatic carbocycles. The van der Waals surface area contributed by atoms with Crippen molar-refractivity contribution in [2.24, 2.45) is 5.73 Å². The number of phenolic OH excluding ortho intramolecular Hbond substituents is 1. The van der Waals surface area contributed by atoms with Crippen LogP contribution in [0.3, 0.4) is 0 Å². The van der Waals surface area contributed by atoms with Gasteiger partial charge in [0.1, 0.15) is 11.3 Å². The first-order valence-electron chi connectivity index (χ1n) is 6.43. The van der Waals surface area contributed by atoms with Gasteiger partial charge in [-0.3, -0.25) is 0 Å². The highest BCUT2D eigenvalue weighted by molar-refractivity contribution is 6.19. The highest BCUT2D eigenvalue weighted by Crippen LogP contribution is 2.24. The zero-order valence-corrected chi connectivity index (χ0v) is 11.4. The summed E-state index contributed by atoms with van der Waals surface area (Å²) in [7, 11) is 0. The Hall–Kier alpha value is -1.23. The molecule has 1 aromatic heterocycles. The largest absolute Gasteiger partial charge is 0.508 e. The topological polar surface area (TPSA) is 82.3 Å². The van der Waals surface area contributed by atoms with Crippen molar-refractivity contribution in [3.05, 3.63) is 30.0 Å².